The first kappa shape index (κ1) is 26.5. The molecule has 0 spiro atoms. The molecule has 4 N–H and O–H groups in total. The maximum atomic E-state index is 16.6. The molecule has 3 heterocycles. The number of carbonyl (C=O) groups excluding carboxylic acids is 1. The van der Waals surface area contributed by atoms with E-state index in [-0.39, 0.29) is 28.9 Å². The molecule has 1 saturated heterocycles. The van der Waals surface area contributed by atoms with Gasteiger partial charge in [-0.2, -0.15) is 5.10 Å². The number of halogens is 6. The van der Waals surface area contributed by atoms with Gasteiger partial charge in [0, 0.05) is 23.1 Å². The number of rotatable bonds is 6. The maximum absolute atomic E-state index is 16.6. The molecular weight excluding hydrogens is 638 g/mol. The van der Waals surface area contributed by atoms with Gasteiger partial charge < -0.3 is 15.8 Å². The molecule has 2 saturated carbocycles. The van der Waals surface area contributed by atoms with Crippen LogP contribution < -0.4 is 19.3 Å². The van der Waals surface area contributed by atoms with Crippen molar-refractivity contribution in [2.45, 2.75) is 44.5 Å². The summed E-state index contributed by atoms with van der Waals surface area (Å²) in [5.74, 6) is -3.81. The third-order valence-electron chi connectivity index (χ3n) is 7.84. The van der Waals surface area contributed by atoms with Crippen molar-refractivity contribution in [1.29, 1.82) is 0 Å². The molecule has 0 bridgehead atoms. The third kappa shape index (κ3) is 4.39. The highest BCUT2D eigenvalue weighted by molar-refractivity contribution is 14.1. The van der Waals surface area contributed by atoms with Gasteiger partial charge in [-0.05, 0) is 43.3 Å². The Labute approximate surface area is 233 Å². The summed E-state index contributed by atoms with van der Waals surface area (Å²) in [4.78, 5) is 16.8. The summed E-state index contributed by atoms with van der Waals surface area (Å²) in [5.41, 5.74) is 5.56. The summed E-state index contributed by atoms with van der Waals surface area (Å²) in [6.45, 7) is 5.27. The number of benzene rings is 1. The Balaban J connectivity index is 1.62. The van der Waals surface area contributed by atoms with E-state index in [2.05, 4.69) is 18.6 Å². The first-order chi connectivity index (χ1) is 18.4. The van der Waals surface area contributed by atoms with Crippen LogP contribution in [0.15, 0.2) is 12.1 Å². The quantitative estimate of drug-likeness (QED) is 0.150. The number of alkyl halides is 3. The van der Waals surface area contributed by atoms with Gasteiger partial charge in [-0.1, -0.05) is 13.8 Å². The van der Waals surface area contributed by atoms with Crippen molar-refractivity contribution < 1.29 is 31.5 Å². The average Bonchev–Trinajstić information content (AvgIpc) is 3.69. The number of ether oxygens (including phenoxy) is 1. The van der Waals surface area contributed by atoms with E-state index in [1.165, 1.54) is 4.68 Å². The van der Waals surface area contributed by atoms with Crippen molar-refractivity contribution in [3.05, 3.63) is 35.2 Å². The van der Waals surface area contributed by atoms with E-state index in [1.807, 2.05) is 13.8 Å². The van der Waals surface area contributed by atoms with Crippen LogP contribution in [-0.2, 0) is 4.79 Å². The molecular formula is C25H24F5IN6O2. The summed E-state index contributed by atoms with van der Waals surface area (Å²) < 4.78 is 79.0. The summed E-state index contributed by atoms with van der Waals surface area (Å²) in [7, 11) is 0. The van der Waals surface area contributed by atoms with E-state index in [4.69, 9.17) is 10.8 Å². The molecule has 1 aromatic carbocycles. The molecule has 0 radical (unpaired) electrons. The minimum atomic E-state index is -5.24. The Kier molecular flexibility index (Phi) is 6.21. The highest BCUT2D eigenvalue weighted by atomic mass is 127. The van der Waals surface area contributed by atoms with Crippen LogP contribution in [-0.4, -0.2) is 40.1 Å². The fourth-order valence-corrected chi connectivity index (χ4v) is 6.36. The van der Waals surface area contributed by atoms with E-state index in [1.54, 1.807) is 22.9 Å². The zero-order valence-electron chi connectivity index (χ0n) is 20.7. The van der Waals surface area contributed by atoms with Crippen molar-refractivity contribution in [2.75, 3.05) is 18.8 Å². The lowest BCUT2D eigenvalue weighted by molar-refractivity contribution is -0.275. The zero-order chi connectivity index (χ0) is 28.0. The molecule has 1 amide bonds. The summed E-state index contributed by atoms with van der Waals surface area (Å²) in [6, 6.07) is 1.23. The molecule has 208 valence electrons. The first-order valence-corrected chi connectivity index (χ1v) is 13.6. The molecule has 3 aliphatic rings. The predicted molar refractivity (Wildman–Crippen MR) is 140 cm³/mol. The number of pyridine rings is 1. The second-order valence-corrected chi connectivity index (χ2v) is 11.2. The standard InChI is InChI=1S/C25H24F5IN6O2/c1-8(2)19-17-21(16-12-6-33-7-13(12)16)36-37(15-5-10(15)24(38)35-31)22(17)18(27)20(34-19)11-3-9(32)4-14(26)23(11)39-25(28,29)30/h3-4,8,10,12-13,15-16,33H,5-7,32H2,1-2H3,(H,35,38). The summed E-state index contributed by atoms with van der Waals surface area (Å²) in [6.07, 6.45) is -4.82. The van der Waals surface area contributed by atoms with Gasteiger partial charge in [-0.25, -0.2) is 13.8 Å². The molecule has 4 unspecified atom stereocenters. The minimum absolute atomic E-state index is 0.0335. The first-order valence-electron chi connectivity index (χ1n) is 12.5. The molecule has 2 aromatic heterocycles. The van der Waals surface area contributed by atoms with Crippen LogP contribution in [0.1, 0.15) is 49.5 Å². The maximum Gasteiger partial charge on any atom is 0.573 e. The van der Waals surface area contributed by atoms with Gasteiger partial charge in [-0.15, -0.1) is 13.2 Å². The fourth-order valence-electron chi connectivity index (χ4n) is 5.96. The highest BCUT2D eigenvalue weighted by Gasteiger charge is 2.56. The minimum Gasteiger partial charge on any atom is -0.402 e. The van der Waals surface area contributed by atoms with Crippen molar-refractivity contribution in [2.24, 2.45) is 17.8 Å². The second-order valence-electron chi connectivity index (χ2n) is 10.7. The second kappa shape index (κ2) is 9.14. The predicted octanol–water partition coefficient (Wildman–Crippen LogP) is 4.94. The van der Waals surface area contributed by atoms with Crippen molar-refractivity contribution in [3.63, 3.8) is 0 Å². The lowest BCUT2D eigenvalue weighted by atomic mass is 9.98. The van der Waals surface area contributed by atoms with Crippen LogP contribution >= 0.6 is 22.9 Å². The normalized spacial score (nSPS) is 25.7. The number of carbonyl (C=O) groups is 1. The number of anilines is 1. The Morgan fingerprint density at radius 1 is 1.26 bits per heavy atom. The number of nitrogens with two attached hydrogens (primary N) is 1. The summed E-state index contributed by atoms with van der Waals surface area (Å²) in [5, 5.41) is 8.65. The molecule has 8 nitrogen and oxygen atoms in total. The van der Waals surface area contributed by atoms with Crippen LogP contribution in [0.3, 0.4) is 0 Å². The number of aromatic nitrogens is 3. The Morgan fingerprint density at radius 3 is 2.56 bits per heavy atom. The van der Waals surface area contributed by atoms with Crippen molar-refractivity contribution >= 4 is 45.4 Å². The van der Waals surface area contributed by atoms with Gasteiger partial charge in [0.05, 0.1) is 51.8 Å². The van der Waals surface area contributed by atoms with Gasteiger partial charge in [-0.3, -0.25) is 13.0 Å². The number of nitrogen functional groups attached to an aromatic ring is 1. The van der Waals surface area contributed by atoms with Crippen LogP contribution in [0, 0.1) is 29.4 Å². The van der Waals surface area contributed by atoms with Crippen molar-refractivity contribution in [3.8, 4) is 17.0 Å². The van der Waals surface area contributed by atoms with Gasteiger partial charge in [0.15, 0.2) is 17.4 Å². The van der Waals surface area contributed by atoms with Crippen LogP contribution in [0.25, 0.3) is 22.2 Å². The van der Waals surface area contributed by atoms with Gasteiger partial charge in [0.1, 0.15) is 11.2 Å². The molecule has 14 heteroatoms. The molecule has 3 aromatic rings. The van der Waals surface area contributed by atoms with E-state index >= 15 is 4.39 Å². The molecule has 2 aliphatic carbocycles. The lowest BCUT2D eigenvalue weighted by Gasteiger charge is -2.17. The fraction of sp³-hybridized carbons (Fsp3) is 0.480. The SMILES string of the molecule is CC(C)c1nc(-c2cc(N)cc(F)c2OC(F)(F)F)c(F)c2c1c(C1C3CNCC31)nn2C1CC1C(=O)NI. The Morgan fingerprint density at radius 2 is 1.95 bits per heavy atom. The number of nitrogens with one attached hydrogen (secondary N) is 2. The monoisotopic (exact) mass is 662 g/mol. The largest absolute Gasteiger partial charge is 0.573 e. The number of nitrogens with zero attached hydrogens (tertiary/aromatic N) is 3. The van der Waals surface area contributed by atoms with E-state index in [0.29, 0.717) is 41.1 Å². The molecule has 6 rings (SSSR count). The zero-order valence-corrected chi connectivity index (χ0v) is 22.9. The van der Waals surface area contributed by atoms with Crippen molar-refractivity contribution in [1.82, 2.24) is 23.6 Å². The number of hydrogen-bond donors (Lipinski definition) is 3. The molecule has 39 heavy (non-hydrogen) atoms. The lowest BCUT2D eigenvalue weighted by Crippen LogP contribution is -2.19. The van der Waals surface area contributed by atoms with E-state index < -0.39 is 47.0 Å². The van der Waals surface area contributed by atoms with Crippen LogP contribution in [0.5, 0.6) is 5.75 Å². The van der Waals surface area contributed by atoms with E-state index in [0.717, 1.165) is 19.2 Å². The molecule has 4 atom stereocenters. The van der Waals surface area contributed by atoms with Gasteiger partial charge in [0.2, 0.25) is 5.91 Å². The number of amides is 1. The molecule has 3 fully saturated rings. The Hall–Kier alpha value is -2.75. The Bertz CT molecular complexity index is 1500. The molecule has 1 aliphatic heterocycles. The van der Waals surface area contributed by atoms with E-state index in [9.17, 15) is 22.4 Å². The smallest absolute Gasteiger partial charge is 0.402 e. The number of fused-ring (bicyclic) bond motifs is 2. The van der Waals surface area contributed by atoms with Crippen LogP contribution in [0.4, 0.5) is 27.6 Å². The topological polar surface area (TPSA) is 107 Å². The van der Waals surface area contributed by atoms with Gasteiger partial charge >= 0.3 is 6.36 Å². The number of piperidine rings is 1. The number of hydrogen-bond acceptors (Lipinski definition) is 6. The average molecular weight is 662 g/mol. The third-order valence-corrected chi connectivity index (χ3v) is 8.37. The van der Waals surface area contributed by atoms with Crippen LogP contribution in [0.2, 0.25) is 0 Å². The highest BCUT2D eigenvalue weighted by Crippen LogP contribution is 2.58. The van der Waals surface area contributed by atoms with Gasteiger partial charge in [0.25, 0.3) is 0 Å². The summed E-state index contributed by atoms with van der Waals surface area (Å²) >= 11 is 1.74.